The first-order valence-corrected chi connectivity index (χ1v) is 3.68. The van der Waals surface area contributed by atoms with Gasteiger partial charge in [-0.1, -0.05) is 0 Å². The number of nitriles is 1. The minimum absolute atomic E-state index is 0.0528. The van der Waals surface area contributed by atoms with Crippen LogP contribution in [0.15, 0.2) is 6.07 Å². The van der Waals surface area contributed by atoms with Crippen LogP contribution in [-0.2, 0) is 6.61 Å². The molecule has 0 aliphatic heterocycles. The zero-order valence-electron chi connectivity index (χ0n) is 7.04. The number of aromatic nitrogens is 1. The van der Waals surface area contributed by atoms with Gasteiger partial charge in [-0.05, 0) is 6.07 Å². The van der Waals surface area contributed by atoms with Crippen LogP contribution in [0.1, 0.15) is 23.2 Å². The second-order valence-corrected chi connectivity index (χ2v) is 2.54. The molecule has 0 aliphatic carbocycles. The lowest BCUT2D eigenvalue weighted by atomic mass is 10.1. The van der Waals surface area contributed by atoms with Crippen LogP contribution in [0.2, 0.25) is 0 Å². The van der Waals surface area contributed by atoms with Crippen molar-refractivity contribution in [1.82, 2.24) is 4.98 Å². The van der Waals surface area contributed by atoms with Crippen LogP contribution in [0.5, 0.6) is 0 Å². The predicted molar refractivity (Wildman–Crippen MR) is 44.2 cm³/mol. The molecule has 0 aliphatic rings. The summed E-state index contributed by atoms with van der Waals surface area (Å²) in [5.74, 6) is -0.381. The van der Waals surface area contributed by atoms with E-state index in [0.717, 1.165) is 6.07 Å². The third-order valence-electron chi connectivity index (χ3n) is 1.67. The van der Waals surface area contributed by atoms with Crippen molar-refractivity contribution in [3.05, 3.63) is 22.9 Å². The van der Waals surface area contributed by atoms with E-state index in [2.05, 4.69) is 4.98 Å². The van der Waals surface area contributed by atoms with Crippen LogP contribution in [0.25, 0.3) is 0 Å². The fourth-order valence-electron chi connectivity index (χ4n) is 0.979. The van der Waals surface area contributed by atoms with Gasteiger partial charge >= 0.3 is 0 Å². The lowest BCUT2D eigenvalue weighted by Gasteiger charge is -2.06. The number of hydrogen-bond donors (Lipinski definition) is 2. The molecular weight excluding hydrogens is 192 g/mol. The molecule has 0 aromatic carbocycles. The monoisotopic (exact) mass is 199 g/mol. The Bertz CT molecular complexity index is 386. The summed E-state index contributed by atoms with van der Waals surface area (Å²) >= 11 is 0. The largest absolute Gasteiger partial charge is 0.392 e. The Labute approximate surface area is 78.6 Å². The van der Waals surface area contributed by atoms with E-state index in [0.29, 0.717) is 0 Å². The summed E-state index contributed by atoms with van der Waals surface area (Å²) in [6.07, 6.45) is -2.76. The molecule has 0 unspecified atom stereocenters. The molecule has 0 bridgehead atoms. The van der Waals surface area contributed by atoms with Crippen molar-refractivity contribution in [2.75, 3.05) is 5.73 Å². The average molecular weight is 199 g/mol. The quantitative estimate of drug-likeness (QED) is 0.743. The highest BCUT2D eigenvalue weighted by atomic mass is 19.3. The highest BCUT2D eigenvalue weighted by molar-refractivity contribution is 5.47. The number of aliphatic hydroxyl groups is 1. The number of halogens is 2. The van der Waals surface area contributed by atoms with E-state index < -0.39 is 18.6 Å². The maximum absolute atomic E-state index is 12.3. The van der Waals surface area contributed by atoms with Crippen molar-refractivity contribution >= 4 is 5.82 Å². The average Bonchev–Trinajstić information content (AvgIpc) is 2.16. The Morgan fingerprint density at radius 1 is 1.64 bits per heavy atom. The maximum Gasteiger partial charge on any atom is 0.267 e. The fraction of sp³-hybridized carbons (Fsp3) is 0.250. The zero-order chi connectivity index (χ0) is 10.7. The van der Waals surface area contributed by atoms with Crippen molar-refractivity contribution < 1.29 is 13.9 Å². The molecule has 0 spiro atoms. The van der Waals surface area contributed by atoms with Gasteiger partial charge in [0.25, 0.3) is 6.43 Å². The van der Waals surface area contributed by atoms with Crippen LogP contribution in [-0.4, -0.2) is 10.1 Å². The zero-order valence-corrected chi connectivity index (χ0v) is 7.04. The van der Waals surface area contributed by atoms with Crippen LogP contribution in [0.3, 0.4) is 0 Å². The van der Waals surface area contributed by atoms with Crippen LogP contribution >= 0.6 is 0 Å². The molecular formula is C8H7F2N3O. The number of alkyl halides is 2. The van der Waals surface area contributed by atoms with Gasteiger partial charge in [-0.25, -0.2) is 13.8 Å². The molecule has 14 heavy (non-hydrogen) atoms. The first-order valence-electron chi connectivity index (χ1n) is 3.68. The van der Waals surface area contributed by atoms with E-state index in [4.69, 9.17) is 16.1 Å². The molecule has 1 aromatic heterocycles. The minimum Gasteiger partial charge on any atom is -0.392 e. The number of hydrogen-bond acceptors (Lipinski definition) is 4. The second-order valence-electron chi connectivity index (χ2n) is 2.54. The van der Waals surface area contributed by atoms with E-state index in [-0.39, 0.29) is 17.1 Å². The van der Waals surface area contributed by atoms with E-state index in [1.54, 1.807) is 6.07 Å². The van der Waals surface area contributed by atoms with Gasteiger partial charge in [0, 0.05) is 5.56 Å². The number of rotatable bonds is 2. The molecule has 1 rings (SSSR count). The fourth-order valence-corrected chi connectivity index (χ4v) is 0.979. The van der Waals surface area contributed by atoms with Gasteiger partial charge in [-0.2, -0.15) is 5.26 Å². The summed E-state index contributed by atoms with van der Waals surface area (Å²) in [7, 11) is 0. The molecule has 0 atom stereocenters. The van der Waals surface area contributed by atoms with Crippen molar-refractivity contribution in [3.8, 4) is 6.07 Å². The molecule has 74 valence electrons. The highest BCUT2D eigenvalue weighted by Crippen LogP contribution is 2.25. The molecule has 1 aromatic rings. The maximum atomic E-state index is 12.3. The molecule has 1 heterocycles. The van der Waals surface area contributed by atoms with Crippen molar-refractivity contribution in [2.45, 2.75) is 13.0 Å². The molecule has 0 amide bonds. The van der Waals surface area contributed by atoms with Crippen molar-refractivity contribution in [3.63, 3.8) is 0 Å². The number of pyridine rings is 1. The first-order chi connectivity index (χ1) is 6.60. The standard InChI is InChI=1S/C8H7F2N3O/c9-7(10)5-1-4(3-14)6(2-11)13-8(5)12/h1,7,14H,3H2,(H2,12,13). The Balaban J connectivity index is 3.32. The van der Waals surface area contributed by atoms with E-state index >= 15 is 0 Å². The smallest absolute Gasteiger partial charge is 0.267 e. The molecule has 4 nitrogen and oxygen atoms in total. The third kappa shape index (κ3) is 1.78. The number of nitrogens with zero attached hydrogens (tertiary/aromatic N) is 2. The minimum atomic E-state index is -2.76. The summed E-state index contributed by atoms with van der Waals surface area (Å²) in [5.41, 5.74) is 4.66. The van der Waals surface area contributed by atoms with E-state index in [1.165, 1.54) is 0 Å². The summed E-state index contributed by atoms with van der Waals surface area (Å²) in [6, 6.07) is 2.65. The molecule has 0 radical (unpaired) electrons. The molecule has 0 saturated carbocycles. The Morgan fingerprint density at radius 2 is 2.29 bits per heavy atom. The Morgan fingerprint density at radius 3 is 2.71 bits per heavy atom. The Hall–Kier alpha value is -1.74. The summed E-state index contributed by atoms with van der Waals surface area (Å²) in [6.45, 7) is -0.518. The topological polar surface area (TPSA) is 82.9 Å². The third-order valence-corrected chi connectivity index (χ3v) is 1.67. The molecule has 0 fully saturated rings. The van der Waals surface area contributed by atoms with Crippen LogP contribution < -0.4 is 5.73 Å². The van der Waals surface area contributed by atoms with Gasteiger partial charge in [0.1, 0.15) is 17.6 Å². The number of anilines is 1. The number of nitrogens with two attached hydrogens (primary N) is 1. The first kappa shape index (κ1) is 10.3. The van der Waals surface area contributed by atoms with Crippen molar-refractivity contribution in [1.29, 1.82) is 5.26 Å². The molecule has 6 heteroatoms. The van der Waals surface area contributed by atoms with Crippen LogP contribution in [0, 0.1) is 11.3 Å². The van der Waals surface area contributed by atoms with Gasteiger partial charge < -0.3 is 10.8 Å². The summed E-state index contributed by atoms with van der Waals surface area (Å²) < 4.78 is 24.6. The summed E-state index contributed by atoms with van der Waals surface area (Å²) in [5, 5.41) is 17.3. The van der Waals surface area contributed by atoms with Gasteiger partial charge in [-0.15, -0.1) is 0 Å². The van der Waals surface area contributed by atoms with E-state index in [1.807, 2.05) is 0 Å². The van der Waals surface area contributed by atoms with Crippen LogP contribution in [0.4, 0.5) is 14.6 Å². The highest BCUT2D eigenvalue weighted by Gasteiger charge is 2.16. The number of nitrogen functional groups attached to an aromatic ring is 1. The molecule has 0 saturated heterocycles. The number of aliphatic hydroxyl groups excluding tert-OH is 1. The van der Waals surface area contributed by atoms with Gasteiger partial charge in [0.2, 0.25) is 0 Å². The van der Waals surface area contributed by atoms with Gasteiger partial charge in [0.15, 0.2) is 0 Å². The lowest BCUT2D eigenvalue weighted by Crippen LogP contribution is -2.04. The SMILES string of the molecule is N#Cc1nc(N)c(C(F)F)cc1CO. The second kappa shape index (κ2) is 3.98. The summed E-state index contributed by atoms with van der Waals surface area (Å²) in [4.78, 5) is 3.46. The van der Waals surface area contributed by atoms with Crippen molar-refractivity contribution in [2.24, 2.45) is 0 Å². The predicted octanol–water partition coefficient (Wildman–Crippen LogP) is 0.965. The van der Waals surface area contributed by atoms with Gasteiger partial charge in [0.05, 0.1) is 12.2 Å². The van der Waals surface area contributed by atoms with Gasteiger partial charge in [-0.3, -0.25) is 0 Å². The van der Waals surface area contributed by atoms with E-state index in [9.17, 15) is 8.78 Å². The Kier molecular flexibility index (Phi) is 2.94. The molecule has 3 N–H and O–H groups in total. The lowest BCUT2D eigenvalue weighted by molar-refractivity contribution is 0.151. The normalized spacial score (nSPS) is 10.2.